The van der Waals surface area contributed by atoms with E-state index in [9.17, 15) is 21.2 Å². The molecule has 1 heterocycles. The fourth-order valence-corrected chi connectivity index (χ4v) is 5.23. The Balaban J connectivity index is 2.13. The predicted molar refractivity (Wildman–Crippen MR) is 76.1 cm³/mol. The lowest BCUT2D eigenvalue weighted by atomic mass is 10.2. The van der Waals surface area contributed by atoms with Crippen LogP contribution in [0, 0.1) is 5.82 Å². The molecular formula is C11H13BrFNO4S2. The zero-order chi connectivity index (χ0) is 15.0. The van der Waals surface area contributed by atoms with E-state index in [-0.39, 0.29) is 21.7 Å². The highest BCUT2D eigenvalue weighted by Crippen LogP contribution is 2.21. The van der Waals surface area contributed by atoms with Crippen LogP contribution in [0.4, 0.5) is 4.39 Å². The molecule has 1 atom stereocenters. The minimum atomic E-state index is -3.91. The maximum Gasteiger partial charge on any atom is 0.240 e. The molecule has 1 unspecified atom stereocenters. The van der Waals surface area contributed by atoms with Gasteiger partial charge in [-0.15, -0.1) is 0 Å². The molecule has 2 rings (SSSR count). The molecule has 0 radical (unpaired) electrons. The van der Waals surface area contributed by atoms with Gasteiger partial charge in [-0.25, -0.2) is 25.9 Å². The van der Waals surface area contributed by atoms with Gasteiger partial charge in [0.2, 0.25) is 10.0 Å². The van der Waals surface area contributed by atoms with Crippen molar-refractivity contribution in [1.82, 2.24) is 4.72 Å². The number of rotatable bonds is 4. The van der Waals surface area contributed by atoms with Crippen LogP contribution in [0.5, 0.6) is 0 Å². The molecule has 20 heavy (non-hydrogen) atoms. The van der Waals surface area contributed by atoms with Gasteiger partial charge in [0, 0.05) is 6.54 Å². The molecule has 1 aromatic rings. The Morgan fingerprint density at radius 1 is 1.40 bits per heavy atom. The highest BCUT2D eigenvalue weighted by molar-refractivity contribution is 9.10. The minimum Gasteiger partial charge on any atom is -0.229 e. The van der Waals surface area contributed by atoms with Crippen molar-refractivity contribution in [1.29, 1.82) is 0 Å². The highest BCUT2D eigenvalue weighted by atomic mass is 79.9. The summed E-state index contributed by atoms with van der Waals surface area (Å²) in [6.45, 7) is -0.178. The van der Waals surface area contributed by atoms with Crippen molar-refractivity contribution >= 4 is 35.8 Å². The van der Waals surface area contributed by atoms with Crippen LogP contribution in [0.2, 0.25) is 0 Å². The molecule has 9 heteroatoms. The monoisotopic (exact) mass is 385 g/mol. The van der Waals surface area contributed by atoms with E-state index in [1.54, 1.807) is 0 Å². The number of nitrogens with one attached hydrogen (secondary N) is 1. The molecule has 0 aliphatic carbocycles. The molecule has 0 amide bonds. The van der Waals surface area contributed by atoms with Crippen LogP contribution in [0.25, 0.3) is 0 Å². The van der Waals surface area contributed by atoms with Gasteiger partial charge < -0.3 is 0 Å². The van der Waals surface area contributed by atoms with Crippen LogP contribution in [0.1, 0.15) is 12.8 Å². The second-order valence-corrected chi connectivity index (χ2v) is 9.58. The summed E-state index contributed by atoms with van der Waals surface area (Å²) in [6.07, 6.45) is 0.987. The Bertz CT molecular complexity index is 718. The Kier molecular flexibility index (Phi) is 4.53. The van der Waals surface area contributed by atoms with E-state index in [1.807, 2.05) is 0 Å². The van der Waals surface area contributed by atoms with Crippen LogP contribution < -0.4 is 4.72 Å². The fourth-order valence-electron chi connectivity index (χ4n) is 2.02. The number of hydrogen-bond acceptors (Lipinski definition) is 4. The summed E-state index contributed by atoms with van der Waals surface area (Å²) in [5, 5.41) is -0.697. The van der Waals surface area contributed by atoms with E-state index in [4.69, 9.17) is 0 Å². The van der Waals surface area contributed by atoms with Crippen LogP contribution in [0.3, 0.4) is 0 Å². The smallest absolute Gasteiger partial charge is 0.229 e. The van der Waals surface area contributed by atoms with Crippen molar-refractivity contribution in [2.75, 3.05) is 12.3 Å². The normalized spacial score (nSPS) is 22.0. The highest BCUT2D eigenvalue weighted by Gasteiger charge is 2.32. The Morgan fingerprint density at radius 3 is 2.65 bits per heavy atom. The number of benzene rings is 1. The Labute approximate surface area is 125 Å². The van der Waals surface area contributed by atoms with Gasteiger partial charge >= 0.3 is 0 Å². The van der Waals surface area contributed by atoms with E-state index >= 15 is 0 Å². The van der Waals surface area contributed by atoms with Crippen molar-refractivity contribution < 1.29 is 21.2 Å². The van der Waals surface area contributed by atoms with Gasteiger partial charge in [0.1, 0.15) is 5.82 Å². The van der Waals surface area contributed by atoms with Crippen molar-refractivity contribution in [2.24, 2.45) is 0 Å². The zero-order valence-electron chi connectivity index (χ0n) is 10.3. The molecule has 0 spiro atoms. The van der Waals surface area contributed by atoms with E-state index in [0.717, 1.165) is 6.07 Å². The largest absolute Gasteiger partial charge is 0.240 e. The molecule has 0 aromatic heterocycles. The first-order chi connectivity index (χ1) is 9.22. The lowest BCUT2D eigenvalue weighted by molar-refractivity contribution is 0.568. The maximum absolute atomic E-state index is 13.3. The average Bonchev–Trinajstić information content (AvgIpc) is 2.69. The number of hydrogen-bond donors (Lipinski definition) is 1. The van der Waals surface area contributed by atoms with E-state index in [0.29, 0.717) is 12.8 Å². The molecule has 1 aromatic carbocycles. The lowest BCUT2D eigenvalue weighted by Crippen LogP contribution is -2.34. The first-order valence-corrected chi connectivity index (χ1v) is 9.88. The SMILES string of the molecule is O=S(=O)(NCC1CCCS1(=O)=O)c1ccc(Br)c(F)c1. The molecule has 5 nitrogen and oxygen atoms in total. The number of sulfone groups is 1. The van der Waals surface area contributed by atoms with E-state index in [1.165, 1.54) is 12.1 Å². The molecule has 1 saturated heterocycles. The minimum absolute atomic E-state index is 0.0896. The van der Waals surface area contributed by atoms with Gasteiger partial charge in [0.05, 0.1) is 20.4 Å². The van der Waals surface area contributed by atoms with Crippen molar-refractivity contribution in [3.63, 3.8) is 0 Å². The van der Waals surface area contributed by atoms with Crippen LogP contribution in [-0.2, 0) is 19.9 Å². The molecule has 112 valence electrons. The second kappa shape index (κ2) is 5.70. The van der Waals surface area contributed by atoms with Gasteiger partial charge in [-0.2, -0.15) is 0 Å². The molecule has 0 saturated carbocycles. The summed E-state index contributed by atoms with van der Waals surface area (Å²) < 4.78 is 62.9. The van der Waals surface area contributed by atoms with Gasteiger partial charge in [0.15, 0.2) is 9.84 Å². The third-order valence-electron chi connectivity index (χ3n) is 3.17. The average molecular weight is 386 g/mol. The molecule has 1 fully saturated rings. The summed E-state index contributed by atoms with van der Waals surface area (Å²) in [7, 11) is -7.13. The Hall–Kier alpha value is -0.510. The lowest BCUT2D eigenvalue weighted by Gasteiger charge is -2.11. The molecular weight excluding hydrogens is 373 g/mol. The summed E-state index contributed by atoms with van der Waals surface area (Å²) in [5.41, 5.74) is 0. The van der Waals surface area contributed by atoms with Crippen molar-refractivity contribution in [3.8, 4) is 0 Å². The van der Waals surface area contributed by atoms with Crippen molar-refractivity contribution in [2.45, 2.75) is 23.0 Å². The van der Waals surface area contributed by atoms with E-state index < -0.39 is 30.9 Å². The molecule has 0 bridgehead atoms. The summed E-state index contributed by atoms with van der Waals surface area (Å²) in [5.74, 6) is -0.604. The first kappa shape index (κ1) is 15.9. The van der Waals surface area contributed by atoms with Gasteiger partial charge in [-0.05, 0) is 47.0 Å². The van der Waals surface area contributed by atoms with Gasteiger partial charge in [0.25, 0.3) is 0 Å². The number of sulfonamides is 1. The topological polar surface area (TPSA) is 80.3 Å². The van der Waals surface area contributed by atoms with E-state index in [2.05, 4.69) is 20.7 Å². The molecule has 1 N–H and O–H groups in total. The van der Waals surface area contributed by atoms with Gasteiger partial charge in [-0.3, -0.25) is 0 Å². The van der Waals surface area contributed by atoms with Gasteiger partial charge in [-0.1, -0.05) is 0 Å². The van der Waals surface area contributed by atoms with Crippen molar-refractivity contribution in [3.05, 3.63) is 28.5 Å². The van der Waals surface area contributed by atoms with Crippen LogP contribution >= 0.6 is 15.9 Å². The van der Waals surface area contributed by atoms with Crippen LogP contribution in [-0.4, -0.2) is 34.4 Å². The summed E-state index contributed by atoms with van der Waals surface area (Å²) in [4.78, 5) is -0.228. The number of halogens is 2. The quantitative estimate of drug-likeness (QED) is 0.850. The predicted octanol–water partition coefficient (Wildman–Crippen LogP) is 1.44. The summed E-state index contributed by atoms with van der Waals surface area (Å²) >= 11 is 2.93. The maximum atomic E-state index is 13.3. The van der Waals surface area contributed by atoms with Crippen LogP contribution in [0.15, 0.2) is 27.6 Å². The molecule has 1 aliphatic heterocycles. The summed E-state index contributed by atoms with van der Waals surface area (Å²) in [6, 6.07) is 3.42. The fraction of sp³-hybridized carbons (Fsp3) is 0.455. The second-order valence-electron chi connectivity index (χ2n) is 4.56. The zero-order valence-corrected chi connectivity index (χ0v) is 13.6. The Morgan fingerprint density at radius 2 is 2.10 bits per heavy atom. The third kappa shape index (κ3) is 3.38. The third-order valence-corrected chi connectivity index (χ3v) is 7.51. The standard InChI is InChI=1S/C11H13BrFNO4S2/c12-10-4-3-8(6-11(10)13)20(17,18)14-7-9-2-1-5-19(9,15)16/h3-4,6,9,14H,1-2,5,7H2. The molecule has 1 aliphatic rings. The first-order valence-electron chi connectivity index (χ1n) is 5.89.